The van der Waals surface area contributed by atoms with Crippen molar-refractivity contribution in [2.24, 2.45) is 0 Å². The second-order valence-corrected chi connectivity index (χ2v) is 5.98. The number of carbonyl (C=O) groups excluding carboxylic acids is 1. The number of hydrogen-bond acceptors (Lipinski definition) is 2. The van der Waals surface area contributed by atoms with Gasteiger partial charge in [0.15, 0.2) is 0 Å². The number of aromatic amines is 1. The zero-order valence-electron chi connectivity index (χ0n) is 13.1. The Hall–Kier alpha value is -3.06. The van der Waals surface area contributed by atoms with Gasteiger partial charge in [-0.2, -0.15) is 5.26 Å². The van der Waals surface area contributed by atoms with E-state index in [1.54, 1.807) is 24.3 Å². The average Bonchev–Trinajstić information content (AvgIpc) is 3.00. The maximum absolute atomic E-state index is 12.8. The summed E-state index contributed by atoms with van der Waals surface area (Å²) in [5, 5.41) is 13.1. The van der Waals surface area contributed by atoms with E-state index in [0.717, 1.165) is 16.5 Å². The molecule has 0 aliphatic carbocycles. The number of hydrogen-bond donors (Lipinski definition) is 2. The van der Waals surface area contributed by atoms with E-state index in [0.29, 0.717) is 11.3 Å². The number of carbonyl (C=O) groups is 1. The first kappa shape index (κ1) is 14.9. The molecule has 0 unspecified atom stereocenters. The van der Waals surface area contributed by atoms with Crippen LogP contribution in [0, 0.1) is 11.3 Å². The molecule has 3 rings (SSSR count). The maximum Gasteiger partial charge on any atom is 0.234 e. The number of H-pyrrole nitrogens is 1. The first-order valence-electron chi connectivity index (χ1n) is 7.41. The minimum absolute atomic E-state index is 0.148. The molecule has 1 amide bonds. The highest BCUT2D eigenvalue weighted by atomic mass is 16.2. The molecule has 0 bridgehead atoms. The lowest BCUT2D eigenvalue weighted by molar-refractivity contribution is -0.120. The molecule has 4 nitrogen and oxygen atoms in total. The summed E-state index contributed by atoms with van der Waals surface area (Å²) in [7, 11) is 0. The molecule has 23 heavy (non-hydrogen) atoms. The minimum atomic E-state index is -0.734. The molecule has 0 saturated carbocycles. The summed E-state index contributed by atoms with van der Waals surface area (Å²) in [4.78, 5) is 16.0. The Labute approximate surface area is 134 Å². The molecule has 1 aromatic heterocycles. The minimum Gasteiger partial charge on any atom is -0.361 e. The van der Waals surface area contributed by atoms with Crippen molar-refractivity contribution in [3.8, 4) is 6.07 Å². The Morgan fingerprint density at radius 2 is 1.83 bits per heavy atom. The van der Waals surface area contributed by atoms with Crippen molar-refractivity contribution < 1.29 is 4.79 Å². The molecular weight excluding hydrogens is 286 g/mol. The third-order valence-electron chi connectivity index (χ3n) is 4.13. The largest absolute Gasteiger partial charge is 0.361 e. The lowest BCUT2D eigenvalue weighted by Crippen LogP contribution is -2.34. The van der Waals surface area contributed by atoms with Gasteiger partial charge in [-0.25, -0.2) is 0 Å². The van der Waals surface area contributed by atoms with Crippen LogP contribution in [0.25, 0.3) is 10.9 Å². The molecule has 0 aliphatic rings. The Bertz CT molecular complexity index is 916. The highest BCUT2D eigenvalue weighted by Crippen LogP contribution is 2.31. The molecule has 0 atom stereocenters. The van der Waals surface area contributed by atoms with E-state index in [1.807, 2.05) is 44.3 Å². The number of amides is 1. The van der Waals surface area contributed by atoms with E-state index in [1.165, 1.54) is 0 Å². The summed E-state index contributed by atoms with van der Waals surface area (Å²) in [5.41, 5.74) is 2.19. The van der Waals surface area contributed by atoms with Crippen LogP contribution < -0.4 is 5.32 Å². The Morgan fingerprint density at radius 3 is 2.61 bits per heavy atom. The van der Waals surface area contributed by atoms with Gasteiger partial charge in [0.25, 0.3) is 0 Å². The summed E-state index contributed by atoms with van der Waals surface area (Å²) in [6, 6.07) is 17.0. The van der Waals surface area contributed by atoms with Crippen molar-refractivity contribution >= 4 is 22.5 Å². The van der Waals surface area contributed by atoms with Crippen molar-refractivity contribution in [1.82, 2.24) is 4.98 Å². The normalized spacial score (nSPS) is 11.2. The number of fused-ring (bicyclic) bond motifs is 1. The Morgan fingerprint density at radius 1 is 1.13 bits per heavy atom. The summed E-state index contributed by atoms with van der Waals surface area (Å²) >= 11 is 0. The number of para-hydroxylation sites is 2. The fourth-order valence-corrected chi connectivity index (χ4v) is 2.68. The fourth-order valence-electron chi connectivity index (χ4n) is 2.68. The first-order chi connectivity index (χ1) is 11.0. The monoisotopic (exact) mass is 303 g/mol. The highest BCUT2D eigenvalue weighted by molar-refractivity contribution is 6.02. The molecule has 0 fully saturated rings. The molecule has 3 aromatic rings. The van der Waals surface area contributed by atoms with Crippen molar-refractivity contribution in [3.05, 3.63) is 65.9 Å². The van der Waals surface area contributed by atoms with Gasteiger partial charge in [-0.15, -0.1) is 0 Å². The van der Waals surface area contributed by atoms with E-state index in [-0.39, 0.29) is 5.91 Å². The quantitative estimate of drug-likeness (QED) is 0.769. The SMILES string of the molecule is CC(C)(C(=O)Nc1ccccc1C#N)c1c[nH]c2ccccc12. The van der Waals surface area contributed by atoms with Crippen molar-refractivity contribution in [3.63, 3.8) is 0 Å². The molecule has 4 heteroatoms. The second kappa shape index (κ2) is 5.62. The predicted molar refractivity (Wildman–Crippen MR) is 91.1 cm³/mol. The van der Waals surface area contributed by atoms with Crippen LogP contribution in [0.3, 0.4) is 0 Å². The molecule has 0 radical (unpaired) electrons. The van der Waals surface area contributed by atoms with E-state index in [4.69, 9.17) is 5.26 Å². The fraction of sp³-hybridized carbons (Fsp3) is 0.158. The number of benzene rings is 2. The topological polar surface area (TPSA) is 68.7 Å². The molecule has 0 aliphatic heterocycles. The predicted octanol–water partition coefficient (Wildman–Crippen LogP) is 3.96. The van der Waals surface area contributed by atoms with Gasteiger partial charge in [-0.05, 0) is 37.6 Å². The van der Waals surface area contributed by atoms with Crippen LogP contribution in [-0.4, -0.2) is 10.9 Å². The van der Waals surface area contributed by atoms with Gasteiger partial charge in [0, 0.05) is 17.1 Å². The molecular formula is C19H17N3O. The smallest absolute Gasteiger partial charge is 0.234 e. The Balaban J connectivity index is 1.96. The van der Waals surface area contributed by atoms with Crippen LogP contribution in [-0.2, 0) is 10.2 Å². The van der Waals surface area contributed by atoms with Gasteiger partial charge in [0.2, 0.25) is 5.91 Å². The van der Waals surface area contributed by atoms with Crippen LogP contribution in [0.1, 0.15) is 25.0 Å². The second-order valence-electron chi connectivity index (χ2n) is 5.98. The van der Waals surface area contributed by atoms with Gasteiger partial charge in [-0.3, -0.25) is 4.79 Å². The summed E-state index contributed by atoms with van der Waals surface area (Å²) in [6.07, 6.45) is 1.88. The van der Waals surface area contributed by atoms with Gasteiger partial charge in [0.05, 0.1) is 16.7 Å². The van der Waals surface area contributed by atoms with E-state index < -0.39 is 5.41 Å². The lowest BCUT2D eigenvalue weighted by atomic mass is 9.83. The molecule has 2 aromatic carbocycles. The molecule has 114 valence electrons. The maximum atomic E-state index is 12.8. The van der Waals surface area contributed by atoms with Gasteiger partial charge >= 0.3 is 0 Å². The standard InChI is InChI=1S/C19H17N3O/c1-19(2,15-12-21-17-10-6-4-8-14(15)17)18(23)22-16-9-5-3-7-13(16)11-20/h3-10,12,21H,1-2H3,(H,22,23). The number of nitrogens with one attached hydrogen (secondary N) is 2. The summed E-state index contributed by atoms with van der Waals surface area (Å²) in [6.45, 7) is 3.76. The summed E-state index contributed by atoms with van der Waals surface area (Å²) < 4.78 is 0. The first-order valence-corrected chi connectivity index (χ1v) is 7.41. The van der Waals surface area contributed by atoms with Gasteiger partial charge in [-0.1, -0.05) is 30.3 Å². The van der Waals surface area contributed by atoms with Crippen molar-refractivity contribution in [1.29, 1.82) is 5.26 Å². The zero-order chi connectivity index (χ0) is 16.4. The number of nitriles is 1. The number of rotatable bonds is 3. The third kappa shape index (κ3) is 2.58. The molecule has 0 spiro atoms. The molecule has 1 heterocycles. The number of nitrogens with zero attached hydrogens (tertiary/aromatic N) is 1. The molecule has 2 N–H and O–H groups in total. The van der Waals surface area contributed by atoms with Crippen LogP contribution in [0.2, 0.25) is 0 Å². The average molecular weight is 303 g/mol. The van der Waals surface area contributed by atoms with E-state index in [9.17, 15) is 4.79 Å². The van der Waals surface area contributed by atoms with Crippen LogP contribution >= 0.6 is 0 Å². The van der Waals surface area contributed by atoms with Gasteiger partial charge < -0.3 is 10.3 Å². The van der Waals surface area contributed by atoms with Crippen LogP contribution in [0.4, 0.5) is 5.69 Å². The van der Waals surface area contributed by atoms with Crippen molar-refractivity contribution in [2.45, 2.75) is 19.3 Å². The van der Waals surface area contributed by atoms with E-state index in [2.05, 4.69) is 16.4 Å². The zero-order valence-corrected chi connectivity index (χ0v) is 13.1. The van der Waals surface area contributed by atoms with Crippen molar-refractivity contribution in [2.75, 3.05) is 5.32 Å². The number of aromatic nitrogens is 1. The van der Waals surface area contributed by atoms with Gasteiger partial charge in [0.1, 0.15) is 6.07 Å². The number of anilines is 1. The highest BCUT2D eigenvalue weighted by Gasteiger charge is 2.32. The lowest BCUT2D eigenvalue weighted by Gasteiger charge is -2.23. The Kier molecular flexibility index (Phi) is 3.63. The summed E-state index contributed by atoms with van der Waals surface area (Å²) in [5.74, 6) is -0.148. The van der Waals surface area contributed by atoms with E-state index >= 15 is 0 Å². The van der Waals surface area contributed by atoms with Crippen LogP contribution in [0.15, 0.2) is 54.7 Å². The third-order valence-corrected chi connectivity index (χ3v) is 4.13. The molecule has 0 saturated heterocycles. The van der Waals surface area contributed by atoms with Crippen LogP contribution in [0.5, 0.6) is 0 Å².